The number of hydrogen-bond acceptors (Lipinski definition) is 3. The molecule has 0 bridgehead atoms. The van der Waals surface area contributed by atoms with E-state index in [-0.39, 0.29) is 24.1 Å². The first-order valence-corrected chi connectivity index (χ1v) is 7.68. The molecule has 1 aromatic rings. The Bertz CT molecular complexity index is 574. The number of amides is 2. The average molecular weight is 355 g/mol. The van der Waals surface area contributed by atoms with E-state index < -0.39 is 0 Å². The zero-order valence-corrected chi connectivity index (χ0v) is 14.2. The summed E-state index contributed by atoms with van der Waals surface area (Å²) in [7, 11) is 0. The zero-order valence-electron chi connectivity index (χ0n) is 12.6. The van der Waals surface area contributed by atoms with E-state index in [1.54, 1.807) is 9.80 Å². The van der Waals surface area contributed by atoms with Gasteiger partial charge in [-0.25, -0.2) is 4.79 Å². The minimum atomic E-state index is -0.389. The lowest BCUT2D eigenvalue weighted by Crippen LogP contribution is -2.51. The van der Waals surface area contributed by atoms with E-state index in [0.717, 1.165) is 10.2 Å². The summed E-state index contributed by atoms with van der Waals surface area (Å²) >= 11 is 3.41. The third kappa shape index (κ3) is 3.20. The molecule has 0 saturated heterocycles. The molecular weight excluding hydrogens is 336 g/mol. The third-order valence-corrected chi connectivity index (χ3v) is 3.76. The molecule has 0 radical (unpaired) electrons. The van der Waals surface area contributed by atoms with Gasteiger partial charge in [0, 0.05) is 17.9 Å². The standard InChI is InChI=1S/C15H19BrN2O3/c1-9(2)21-15(20)17-8-10(3)18(11(4)19)13-6-5-12(16)7-14(13)17/h5-7,9-10H,8H2,1-4H3. The Morgan fingerprint density at radius 2 is 2.00 bits per heavy atom. The van der Waals surface area contributed by atoms with E-state index in [1.165, 1.54) is 6.92 Å². The molecule has 0 fully saturated rings. The number of hydrogen-bond donors (Lipinski definition) is 0. The molecule has 0 spiro atoms. The Hall–Kier alpha value is -1.56. The molecule has 1 unspecified atom stereocenters. The summed E-state index contributed by atoms with van der Waals surface area (Å²) < 4.78 is 6.15. The number of anilines is 2. The fraction of sp³-hybridized carbons (Fsp3) is 0.467. The fourth-order valence-corrected chi connectivity index (χ4v) is 2.87. The van der Waals surface area contributed by atoms with Crippen LogP contribution in [0.4, 0.5) is 16.2 Å². The maximum atomic E-state index is 12.3. The molecule has 2 amide bonds. The molecule has 0 aliphatic carbocycles. The Balaban J connectivity index is 2.47. The second-order valence-corrected chi connectivity index (χ2v) is 6.33. The fourth-order valence-electron chi connectivity index (χ4n) is 2.52. The minimum absolute atomic E-state index is 0.0389. The van der Waals surface area contributed by atoms with Gasteiger partial charge < -0.3 is 9.64 Å². The lowest BCUT2D eigenvalue weighted by molar-refractivity contribution is -0.117. The Kier molecular flexibility index (Phi) is 4.56. The van der Waals surface area contributed by atoms with Gasteiger partial charge in [0.25, 0.3) is 0 Å². The molecule has 1 atom stereocenters. The van der Waals surface area contributed by atoms with Crippen LogP contribution >= 0.6 is 15.9 Å². The van der Waals surface area contributed by atoms with Crippen LogP contribution in [0.2, 0.25) is 0 Å². The smallest absolute Gasteiger partial charge is 0.414 e. The molecule has 6 heteroatoms. The van der Waals surface area contributed by atoms with Crippen molar-refractivity contribution in [2.24, 2.45) is 0 Å². The lowest BCUT2D eigenvalue weighted by Gasteiger charge is -2.40. The number of benzene rings is 1. The number of rotatable bonds is 1. The van der Waals surface area contributed by atoms with Crippen LogP contribution in [0.15, 0.2) is 22.7 Å². The number of halogens is 1. The van der Waals surface area contributed by atoms with E-state index >= 15 is 0 Å². The maximum Gasteiger partial charge on any atom is 0.414 e. The van der Waals surface area contributed by atoms with Gasteiger partial charge in [0.1, 0.15) is 0 Å². The molecular formula is C15H19BrN2O3. The van der Waals surface area contributed by atoms with Crippen LogP contribution in [0.25, 0.3) is 0 Å². The number of fused-ring (bicyclic) bond motifs is 1. The van der Waals surface area contributed by atoms with Gasteiger partial charge in [0.15, 0.2) is 0 Å². The molecule has 1 heterocycles. The van der Waals surface area contributed by atoms with Gasteiger partial charge in [-0.15, -0.1) is 0 Å². The van der Waals surface area contributed by atoms with Crippen molar-refractivity contribution in [3.63, 3.8) is 0 Å². The van der Waals surface area contributed by atoms with Crippen molar-refractivity contribution in [1.82, 2.24) is 0 Å². The van der Waals surface area contributed by atoms with E-state index in [0.29, 0.717) is 12.2 Å². The highest BCUT2D eigenvalue weighted by Crippen LogP contribution is 2.38. The predicted molar refractivity (Wildman–Crippen MR) is 85.7 cm³/mol. The summed E-state index contributed by atoms with van der Waals surface area (Å²) in [5.74, 6) is -0.0389. The molecule has 1 aliphatic rings. The topological polar surface area (TPSA) is 49.9 Å². The van der Waals surface area contributed by atoms with E-state index in [9.17, 15) is 9.59 Å². The highest BCUT2D eigenvalue weighted by atomic mass is 79.9. The number of carbonyl (C=O) groups excluding carboxylic acids is 2. The quantitative estimate of drug-likeness (QED) is 0.774. The first-order chi connectivity index (χ1) is 9.81. The van der Waals surface area contributed by atoms with Crippen LogP contribution in [0.1, 0.15) is 27.7 Å². The average Bonchev–Trinajstić information content (AvgIpc) is 2.36. The molecule has 0 N–H and O–H groups in total. The highest BCUT2D eigenvalue weighted by molar-refractivity contribution is 9.10. The van der Waals surface area contributed by atoms with E-state index in [2.05, 4.69) is 15.9 Å². The normalized spacial score (nSPS) is 17.7. The van der Waals surface area contributed by atoms with Gasteiger partial charge in [-0.2, -0.15) is 0 Å². The van der Waals surface area contributed by atoms with Crippen molar-refractivity contribution in [2.45, 2.75) is 39.8 Å². The van der Waals surface area contributed by atoms with Gasteiger partial charge in [-0.05, 0) is 39.0 Å². The number of nitrogens with zero attached hydrogens (tertiary/aromatic N) is 2. The van der Waals surface area contributed by atoms with Gasteiger partial charge in [0.2, 0.25) is 5.91 Å². The van der Waals surface area contributed by atoms with Crippen molar-refractivity contribution >= 4 is 39.3 Å². The summed E-state index contributed by atoms with van der Waals surface area (Å²) in [4.78, 5) is 27.5. The van der Waals surface area contributed by atoms with Crippen LogP contribution in [0, 0.1) is 0 Å². The molecule has 21 heavy (non-hydrogen) atoms. The van der Waals surface area contributed by atoms with Crippen molar-refractivity contribution in [3.8, 4) is 0 Å². The van der Waals surface area contributed by atoms with E-state index in [1.807, 2.05) is 39.0 Å². The van der Waals surface area contributed by atoms with Crippen LogP contribution in [-0.2, 0) is 9.53 Å². The van der Waals surface area contributed by atoms with Crippen molar-refractivity contribution in [1.29, 1.82) is 0 Å². The molecule has 114 valence electrons. The lowest BCUT2D eigenvalue weighted by atomic mass is 10.1. The van der Waals surface area contributed by atoms with Crippen LogP contribution in [-0.4, -0.2) is 30.7 Å². The maximum absolute atomic E-state index is 12.3. The van der Waals surface area contributed by atoms with Gasteiger partial charge >= 0.3 is 6.09 Å². The molecule has 5 nitrogen and oxygen atoms in total. The second-order valence-electron chi connectivity index (χ2n) is 5.41. The monoisotopic (exact) mass is 354 g/mol. The zero-order chi connectivity index (χ0) is 15.7. The Morgan fingerprint density at radius 1 is 1.33 bits per heavy atom. The van der Waals surface area contributed by atoms with Crippen LogP contribution < -0.4 is 9.80 Å². The molecule has 1 aliphatic heterocycles. The summed E-state index contributed by atoms with van der Waals surface area (Å²) in [6.45, 7) is 7.49. The predicted octanol–water partition coefficient (Wildman–Crippen LogP) is 3.56. The third-order valence-electron chi connectivity index (χ3n) is 3.27. The number of ether oxygens (including phenoxy) is 1. The minimum Gasteiger partial charge on any atom is -0.446 e. The summed E-state index contributed by atoms with van der Waals surface area (Å²) in [6.07, 6.45) is -0.575. The Morgan fingerprint density at radius 3 is 2.57 bits per heavy atom. The van der Waals surface area contributed by atoms with Gasteiger partial charge in [0.05, 0.1) is 23.5 Å². The van der Waals surface area contributed by atoms with E-state index in [4.69, 9.17) is 4.74 Å². The largest absolute Gasteiger partial charge is 0.446 e. The first kappa shape index (κ1) is 15.8. The summed E-state index contributed by atoms with van der Waals surface area (Å²) in [6, 6.07) is 5.43. The first-order valence-electron chi connectivity index (χ1n) is 6.88. The summed E-state index contributed by atoms with van der Waals surface area (Å²) in [5.41, 5.74) is 1.41. The van der Waals surface area contributed by atoms with Gasteiger partial charge in [-0.1, -0.05) is 15.9 Å². The van der Waals surface area contributed by atoms with Crippen LogP contribution in [0.3, 0.4) is 0 Å². The summed E-state index contributed by atoms with van der Waals surface area (Å²) in [5, 5.41) is 0. The Labute approximate surface area is 133 Å². The van der Waals surface area contributed by atoms with Crippen LogP contribution in [0.5, 0.6) is 0 Å². The molecule has 2 rings (SSSR count). The second kappa shape index (κ2) is 6.05. The SMILES string of the molecule is CC(=O)N1c2ccc(Br)cc2N(C(=O)OC(C)C)CC1C. The number of carbonyl (C=O) groups is 2. The van der Waals surface area contributed by atoms with Crippen molar-refractivity contribution < 1.29 is 14.3 Å². The molecule has 0 saturated carbocycles. The highest BCUT2D eigenvalue weighted by Gasteiger charge is 2.34. The van der Waals surface area contributed by atoms with Crippen molar-refractivity contribution in [2.75, 3.05) is 16.3 Å². The van der Waals surface area contributed by atoms with Gasteiger partial charge in [-0.3, -0.25) is 9.69 Å². The molecule has 1 aromatic carbocycles. The molecule has 0 aromatic heterocycles. The van der Waals surface area contributed by atoms with Crippen molar-refractivity contribution in [3.05, 3.63) is 22.7 Å².